The molecule has 0 spiro atoms. The van der Waals surface area contributed by atoms with Crippen LogP contribution in [-0.4, -0.2) is 114 Å². The topological polar surface area (TPSA) is 311 Å². The summed E-state index contributed by atoms with van der Waals surface area (Å²) in [6.07, 6.45) is 10.2. The zero-order chi connectivity index (χ0) is 98.1. The van der Waals surface area contributed by atoms with Crippen LogP contribution >= 0.6 is 0 Å². The molecule has 0 aliphatic rings. The number of nitrogens with one attached hydrogen (secondary N) is 5. The summed E-state index contributed by atoms with van der Waals surface area (Å²) in [5.41, 5.74) is 32.5. The Bertz CT molecular complexity index is 7330. The first-order chi connectivity index (χ1) is 65.8. The van der Waals surface area contributed by atoms with Gasteiger partial charge in [-0.2, -0.15) is 0 Å². The minimum Gasteiger partial charge on any atom is -0.365 e. The maximum Gasteiger partial charge on any atom is 0.148 e. The molecule has 0 saturated carbocycles. The molecule has 0 fully saturated rings. The Morgan fingerprint density at radius 3 is 0.783 bits per heavy atom. The number of fused-ring (bicyclic) bond motifs is 5. The highest BCUT2D eigenvalue weighted by molar-refractivity contribution is 5.88. The van der Waals surface area contributed by atoms with Crippen molar-refractivity contribution in [1.29, 1.82) is 0 Å². The average molecular weight is 1840 g/mol. The molecule has 704 valence electrons. The molecule has 0 amide bonds. The normalized spacial score (nSPS) is 11.6. The van der Waals surface area contributed by atoms with E-state index in [-0.39, 0.29) is 41.3 Å². The lowest BCUT2D eigenvalue weighted by Gasteiger charge is -2.22. The zero-order valence-electron chi connectivity index (χ0n) is 82.8. The standard InChI is InChI=1S/3C23H26N4O.2C21H20N4O2/c2*1-14-7-12-19-24-21(22(27(19)13-14)25-23(4,5)6)18-10-8-17(9-11-18)20-15(2)26-28-16(20)3;1-14-8-7-13-27-21(14)24-20(22(27)25-23(4,5)6)18-11-9-17(10-12-18)19-15(2)26-28-16(19)3;2*1-13(26)12-22-21-20(23-18-6-4-5-11-25(18)21)17-9-7-16(8-10-17)19-14(2)24-27-15(19)3/h3*7-13,25H,1-6H3;2*4-11,22H,12H2,1-3H3. The number of pyridine rings is 5. The van der Waals surface area contributed by atoms with Gasteiger partial charge in [-0.15, -0.1) is 0 Å². The Kier molecular flexibility index (Phi) is 26.9. The number of aryl methyl sites for hydroxylation is 13. The van der Waals surface area contributed by atoms with E-state index in [1.165, 1.54) is 11.1 Å². The van der Waals surface area contributed by atoms with Crippen molar-refractivity contribution in [3.8, 4) is 112 Å². The van der Waals surface area contributed by atoms with E-state index in [0.717, 1.165) is 232 Å². The lowest BCUT2D eigenvalue weighted by molar-refractivity contribution is -0.116. The van der Waals surface area contributed by atoms with E-state index in [2.05, 4.69) is 276 Å². The number of benzene rings is 5. The fourth-order valence-corrected chi connectivity index (χ4v) is 17.1. The van der Waals surface area contributed by atoms with E-state index in [9.17, 15) is 9.59 Å². The van der Waals surface area contributed by atoms with E-state index in [1.807, 2.05) is 175 Å². The molecule has 0 aliphatic heterocycles. The van der Waals surface area contributed by atoms with E-state index >= 15 is 0 Å². The lowest BCUT2D eigenvalue weighted by Crippen LogP contribution is -2.27. The van der Waals surface area contributed by atoms with E-state index in [0.29, 0.717) is 0 Å². The highest BCUT2D eigenvalue weighted by Crippen LogP contribution is 2.42. The third kappa shape index (κ3) is 20.8. The Hall–Kier alpha value is -16.1. The van der Waals surface area contributed by atoms with Crippen molar-refractivity contribution in [3.05, 3.63) is 299 Å². The predicted molar refractivity (Wildman–Crippen MR) is 551 cm³/mol. The smallest absolute Gasteiger partial charge is 0.148 e. The molecule has 0 bridgehead atoms. The Balaban J connectivity index is 0.000000125. The summed E-state index contributed by atoms with van der Waals surface area (Å²) < 4.78 is 36.8. The van der Waals surface area contributed by atoms with Crippen LogP contribution in [0.2, 0.25) is 0 Å². The molecule has 15 heterocycles. The third-order valence-electron chi connectivity index (χ3n) is 23.3. The number of imidazole rings is 5. The van der Waals surface area contributed by atoms with Gasteiger partial charge in [0.15, 0.2) is 0 Å². The quantitative estimate of drug-likeness (QED) is 0.0502. The summed E-state index contributed by atoms with van der Waals surface area (Å²) in [7, 11) is 0. The Labute approximate surface area is 802 Å². The number of anilines is 5. The lowest BCUT2D eigenvalue weighted by atomic mass is 10.0. The summed E-state index contributed by atoms with van der Waals surface area (Å²) in [5, 5.41) is 37.6. The number of rotatable bonds is 19. The molecule has 0 unspecified atom stereocenters. The number of carbonyl (C=O) groups excluding carboxylic acids is 2. The molecule has 20 aromatic rings. The second-order valence-corrected chi connectivity index (χ2v) is 38.3. The van der Waals surface area contributed by atoms with Crippen LogP contribution in [0.4, 0.5) is 29.1 Å². The van der Waals surface area contributed by atoms with Gasteiger partial charge in [-0.3, -0.25) is 31.6 Å². The van der Waals surface area contributed by atoms with Gasteiger partial charge >= 0.3 is 0 Å². The first kappa shape index (κ1) is 95.1. The van der Waals surface area contributed by atoms with Crippen LogP contribution in [0.3, 0.4) is 0 Å². The van der Waals surface area contributed by atoms with E-state index < -0.39 is 0 Å². The maximum atomic E-state index is 11.5. The van der Waals surface area contributed by atoms with Gasteiger partial charge in [-0.1, -0.05) is 177 Å². The van der Waals surface area contributed by atoms with Gasteiger partial charge in [0.05, 0.1) is 41.6 Å². The Morgan fingerprint density at radius 2 is 0.522 bits per heavy atom. The van der Waals surface area contributed by atoms with Crippen molar-refractivity contribution in [3.63, 3.8) is 0 Å². The largest absolute Gasteiger partial charge is 0.365 e. The SMILES string of the molecule is CC(=O)CNc1c(-c2ccc(-c3c(C)noc3C)cc2)nc2ccccn12.CC(=O)CNc1c(-c2ccc(-c3c(C)noc3C)cc2)nc2ccccn12.Cc1ccc2nc(-c3ccc(-c4c(C)noc4C)cc3)c(NC(C)(C)C)n2c1.Cc1ccc2nc(-c3ccc(-c4c(C)noc4C)cc3)c(NC(C)(C)C)n2c1.Cc1noc(C)c1-c1ccc(-c2nc3c(C)cccn3c2NC(C)(C)C)cc1. The molecular formula is C111H118N20O7. The number of ketones is 2. The predicted octanol–water partition coefficient (Wildman–Crippen LogP) is 25.9. The van der Waals surface area contributed by atoms with Crippen LogP contribution in [0, 0.1) is 90.0 Å². The molecule has 27 heteroatoms. The third-order valence-corrected chi connectivity index (χ3v) is 23.3. The highest BCUT2D eigenvalue weighted by Gasteiger charge is 2.27. The molecular weight excluding hydrogens is 1730 g/mol. The monoisotopic (exact) mass is 1840 g/mol. The molecule has 0 atom stereocenters. The van der Waals surface area contributed by atoms with Crippen molar-refractivity contribution in [2.75, 3.05) is 39.7 Å². The van der Waals surface area contributed by atoms with Crippen molar-refractivity contribution >= 4 is 68.9 Å². The zero-order valence-corrected chi connectivity index (χ0v) is 82.8. The fraction of sp³-hybridized carbons (Fsp3) is 0.261. The molecule has 5 aromatic carbocycles. The number of aromatic nitrogens is 15. The molecule has 0 saturated heterocycles. The molecule has 5 N–H and O–H groups in total. The van der Waals surface area contributed by atoms with Crippen LogP contribution in [0.25, 0.3) is 140 Å². The number of carbonyl (C=O) groups is 2. The fourth-order valence-electron chi connectivity index (χ4n) is 17.1. The van der Waals surface area contributed by atoms with Gasteiger partial charge in [-0.05, 0) is 253 Å². The molecule has 0 radical (unpaired) electrons. The molecule has 0 aliphatic carbocycles. The van der Waals surface area contributed by atoms with Crippen LogP contribution in [-0.2, 0) is 9.59 Å². The van der Waals surface area contributed by atoms with Crippen molar-refractivity contribution in [2.45, 2.75) is 183 Å². The van der Waals surface area contributed by atoms with E-state index in [1.54, 1.807) is 13.8 Å². The number of Topliss-reactive ketones (excluding diaryl/α,β-unsaturated/α-hetero) is 2. The minimum absolute atomic E-state index is 0.0700. The maximum absolute atomic E-state index is 11.5. The number of hydrogen-bond acceptors (Lipinski definition) is 22. The summed E-state index contributed by atoms with van der Waals surface area (Å²) in [6.45, 7) is 48.8. The van der Waals surface area contributed by atoms with Gasteiger partial charge in [0.25, 0.3) is 0 Å². The van der Waals surface area contributed by atoms with Crippen LogP contribution in [0.5, 0.6) is 0 Å². The summed E-state index contributed by atoms with van der Waals surface area (Å²) in [5.74, 6) is 8.91. The average Bonchev–Trinajstić information content (AvgIpc) is 1.62. The highest BCUT2D eigenvalue weighted by atomic mass is 16.5. The minimum atomic E-state index is -0.0783. The molecule has 15 aromatic heterocycles. The second-order valence-electron chi connectivity index (χ2n) is 38.3. The van der Waals surface area contributed by atoms with Gasteiger partial charge in [-0.25, -0.2) is 24.9 Å². The van der Waals surface area contributed by atoms with Gasteiger partial charge < -0.3 is 49.2 Å². The van der Waals surface area contributed by atoms with Crippen molar-refractivity contribution < 1.29 is 32.2 Å². The molecule has 138 heavy (non-hydrogen) atoms. The van der Waals surface area contributed by atoms with Gasteiger partial charge in [0, 0.05) is 103 Å². The summed E-state index contributed by atoms with van der Waals surface area (Å²) >= 11 is 0. The van der Waals surface area contributed by atoms with Crippen LogP contribution < -0.4 is 26.6 Å². The summed E-state index contributed by atoms with van der Waals surface area (Å²) in [6, 6.07) is 65.8. The van der Waals surface area contributed by atoms with Gasteiger partial charge in [0.2, 0.25) is 0 Å². The van der Waals surface area contributed by atoms with Crippen LogP contribution in [0.1, 0.15) is 150 Å². The first-order valence-corrected chi connectivity index (χ1v) is 46.2. The number of nitrogens with zero attached hydrogens (tertiary/aromatic N) is 15. The number of hydrogen-bond donors (Lipinski definition) is 5. The van der Waals surface area contributed by atoms with Crippen molar-refractivity contribution in [1.82, 2.24) is 72.7 Å². The molecule has 20 rings (SSSR count). The van der Waals surface area contributed by atoms with Crippen LogP contribution in [0.15, 0.2) is 248 Å². The first-order valence-electron chi connectivity index (χ1n) is 46.2. The van der Waals surface area contributed by atoms with E-state index in [4.69, 9.17) is 47.5 Å². The summed E-state index contributed by atoms with van der Waals surface area (Å²) in [4.78, 5) is 47.2. The van der Waals surface area contributed by atoms with Gasteiger partial charge in [0.1, 0.15) is 126 Å². The second kappa shape index (κ2) is 39.1. The van der Waals surface area contributed by atoms with Crippen molar-refractivity contribution in [2.24, 2.45) is 0 Å². The Morgan fingerprint density at radius 1 is 0.275 bits per heavy atom. The molecule has 27 nitrogen and oxygen atoms in total.